The SMILES string of the molecule is CC1CCCCN1c1ncncc1CNC1CC1. The maximum absolute atomic E-state index is 4.53. The minimum absolute atomic E-state index is 0.605. The second kappa shape index (κ2) is 5.22. The molecular formula is C14H22N4. The molecule has 0 bridgehead atoms. The van der Waals surface area contributed by atoms with E-state index >= 15 is 0 Å². The van der Waals surface area contributed by atoms with E-state index in [2.05, 4.69) is 27.1 Å². The number of piperidine rings is 1. The highest BCUT2D eigenvalue weighted by Gasteiger charge is 2.24. The summed E-state index contributed by atoms with van der Waals surface area (Å²) in [5.74, 6) is 1.14. The Morgan fingerprint density at radius 2 is 2.22 bits per heavy atom. The van der Waals surface area contributed by atoms with Gasteiger partial charge in [-0.1, -0.05) is 0 Å². The molecule has 1 aliphatic heterocycles. The number of aromatic nitrogens is 2. The van der Waals surface area contributed by atoms with E-state index < -0.39 is 0 Å². The van der Waals surface area contributed by atoms with Crippen LogP contribution in [0.3, 0.4) is 0 Å². The molecule has 4 heteroatoms. The lowest BCUT2D eigenvalue weighted by Crippen LogP contribution is -2.39. The molecule has 1 saturated carbocycles. The van der Waals surface area contributed by atoms with E-state index in [1.807, 2.05) is 6.20 Å². The number of nitrogens with zero attached hydrogens (tertiary/aromatic N) is 3. The Morgan fingerprint density at radius 3 is 3.00 bits per heavy atom. The van der Waals surface area contributed by atoms with Crippen LogP contribution in [0, 0.1) is 0 Å². The highest BCUT2D eigenvalue weighted by Crippen LogP contribution is 2.26. The number of anilines is 1. The molecule has 1 saturated heterocycles. The van der Waals surface area contributed by atoms with Gasteiger partial charge < -0.3 is 10.2 Å². The van der Waals surface area contributed by atoms with Gasteiger partial charge in [0.15, 0.2) is 0 Å². The van der Waals surface area contributed by atoms with Crippen LogP contribution in [-0.2, 0) is 6.54 Å². The molecule has 1 N–H and O–H groups in total. The van der Waals surface area contributed by atoms with Crippen molar-refractivity contribution in [3.63, 3.8) is 0 Å². The van der Waals surface area contributed by atoms with Crippen molar-refractivity contribution in [2.45, 2.75) is 57.7 Å². The summed E-state index contributed by atoms with van der Waals surface area (Å²) in [5, 5.41) is 3.56. The summed E-state index contributed by atoms with van der Waals surface area (Å²) in [5.41, 5.74) is 1.25. The third-order valence-electron chi connectivity index (χ3n) is 4.00. The average Bonchev–Trinajstić information content (AvgIpc) is 3.22. The summed E-state index contributed by atoms with van der Waals surface area (Å²) in [4.78, 5) is 11.2. The van der Waals surface area contributed by atoms with Crippen LogP contribution in [0.1, 0.15) is 44.6 Å². The fourth-order valence-corrected chi connectivity index (χ4v) is 2.69. The molecule has 3 rings (SSSR count). The molecule has 1 atom stereocenters. The Labute approximate surface area is 109 Å². The summed E-state index contributed by atoms with van der Waals surface area (Å²) >= 11 is 0. The zero-order chi connectivity index (χ0) is 12.4. The van der Waals surface area contributed by atoms with Crippen LogP contribution in [0.4, 0.5) is 5.82 Å². The van der Waals surface area contributed by atoms with Gasteiger partial charge in [-0.3, -0.25) is 0 Å². The zero-order valence-corrected chi connectivity index (χ0v) is 11.1. The molecule has 1 aliphatic carbocycles. The summed E-state index contributed by atoms with van der Waals surface area (Å²) < 4.78 is 0. The van der Waals surface area contributed by atoms with Gasteiger partial charge in [-0.05, 0) is 39.0 Å². The molecule has 1 unspecified atom stereocenters. The van der Waals surface area contributed by atoms with Crippen molar-refractivity contribution < 1.29 is 0 Å². The molecule has 18 heavy (non-hydrogen) atoms. The van der Waals surface area contributed by atoms with Crippen LogP contribution in [0.2, 0.25) is 0 Å². The molecule has 0 aromatic carbocycles. The zero-order valence-electron chi connectivity index (χ0n) is 11.1. The average molecular weight is 246 g/mol. The molecule has 4 nitrogen and oxygen atoms in total. The van der Waals surface area contributed by atoms with E-state index in [4.69, 9.17) is 0 Å². The molecule has 0 amide bonds. The summed E-state index contributed by atoms with van der Waals surface area (Å²) in [6.07, 6.45) is 10.2. The first kappa shape index (κ1) is 11.9. The molecule has 2 fully saturated rings. The first-order chi connectivity index (χ1) is 8.84. The third-order valence-corrected chi connectivity index (χ3v) is 4.00. The van der Waals surface area contributed by atoms with Gasteiger partial charge in [0.25, 0.3) is 0 Å². The number of hydrogen-bond donors (Lipinski definition) is 1. The van der Waals surface area contributed by atoms with Gasteiger partial charge in [0.2, 0.25) is 0 Å². The Kier molecular flexibility index (Phi) is 3.46. The lowest BCUT2D eigenvalue weighted by Gasteiger charge is -2.35. The summed E-state index contributed by atoms with van der Waals surface area (Å²) in [6, 6.07) is 1.34. The molecule has 2 heterocycles. The number of rotatable bonds is 4. The van der Waals surface area contributed by atoms with Crippen LogP contribution >= 0.6 is 0 Å². The molecular weight excluding hydrogens is 224 g/mol. The monoisotopic (exact) mass is 246 g/mol. The lowest BCUT2D eigenvalue weighted by molar-refractivity contribution is 0.478. The van der Waals surface area contributed by atoms with Gasteiger partial charge in [0, 0.05) is 36.9 Å². The van der Waals surface area contributed by atoms with E-state index in [1.54, 1.807) is 6.33 Å². The molecule has 0 radical (unpaired) electrons. The van der Waals surface area contributed by atoms with Gasteiger partial charge in [-0.2, -0.15) is 0 Å². The van der Waals surface area contributed by atoms with Gasteiger partial charge in [-0.15, -0.1) is 0 Å². The van der Waals surface area contributed by atoms with Crippen molar-refractivity contribution in [2.75, 3.05) is 11.4 Å². The fraction of sp³-hybridized carbons (Fsp3) is 0.714. The first-order valence-corrected chi connectivity index (χ1v) is 7.13. The van der Waals surface area contributed by atoms with Crippen molar-refractivity contribution in [3.05, 3.63) is 18.1 Å². The van der Waals surface area contributed by atoms with E-state index in [9.17, 15) is 0 Å². The fourth-order valence-electron chi connectivity index (χ4n) is 2.69. The van der Waals surface area contributed by atoms with Crippen LogP contribution in [0.25, 0.3) is 0 Å². The van der Waals surface area contributed by atoms with E-state index in [-0.39, 0.29) is 0 Å². The lowest BCUT2D eigenvalue weighted by atomic mass is 10.0. The minimum Gasteiger partial charge on any atom is -0.354 e. The van der Waals surface area contributed by atoms with Crippen molar-refractivity contribution in [1.29, 1.82) is 0 Å². The van der Waals surface area contributed by atoms with Gasteiger partial charge in [0.05, 0.1) is 0 Å². The molecule has 2 aliphatic rings. The quantitative estimate of drug-likeness (QED) is 0.883. The van der Waals surface area contributed by atoms with Crippen molar-refractivity contribution >= 4 is 5.82 Å². The predicted octanol–water partition coefficient (Wildman–Crippen LogP) is 2.11. The van der Waals surface area contributed by atoms with Crippen LogP contribution in [0.5, 0.6) is 0 Å². The van der Waals surface area contributed by atoms with Gasteiger partial charge in [-0.25, -0.2) is 9.97 Å². The molecule has 0 spiro atoms. The Hall–Kier alpha value is -1.16. The van der Waals surface area contributed by atoms with E-state index in [0.29, 0.717) is 6.04 Å². The van der Waals surface area contributed by atoms with Crippen molar-refractivity contribution in [3.8, 4) is 0 Å². The van der Waals surface area contributed by atoms with Gasteiger partial charge in [0.1, 0.15) is 12.1 Å². The second-order valence-corrected chi connectivity index (χ2v) is 5.56. The highest BCUT2D eigenvalue weighted by molar-refractivity contribution is 5.46. The predicted molar refractivity (Wildman–Crippen MR) is 72.6 cm³/mol. The normalized spacial score (nSPS) is 24.3. The van der Waals surface area contributed by atoms with Crippen molar-refractivity contribution in [1.82, 2.24) is 15.3 Å². The standard InChI is InChI=1S/C14H22N4/c1-11-4-2-3-7-18(11)14-12(8-15-10-17-14)9-16-13-5-6-13/h8,10-11,13,16H,2-7,9H2,1H3. The van der Waals surface area contributed by atoms with E-state index in [1.165, 1.54) is 37.7 Å². The topological polar surface area (TPSA) is 41.1 Å². The number of hydrogen-bond acceptors (Lipinski definition) is 4. The smallest absolute Gasteiger partial charge is 0.136 e. The van der Waals surface area contributed by atoms with Crippen LogP contribution in [0.15, 0.2) is 12.5 Å². The Morgan fingerprint density at radius 1 is 1.33 bits per heavy atom. The maximum atomic E-state index is 4.53. The van der Waals surface area contributed by atoms with Crippen LogP contribution < -0.4 is 10.2 Å². The highest BCUT2D eigenvalue weighted by atomic mass is 15.2. The molecule has 98 valence electrons. The van der Waals surface area contributed by atoms with Crippen LogP contribution in [-0.4, -0.2) is 28.6 Å². The maximum Gasteiger partial charge on any atom is 0.136 e. The molecule has 1 aromatic heterocycles. The van der Waals surface area contributed by atoms with Gasteiger partial charge >= 0.3 is 0 Å². The minimum atomic E-state index is 0.605. The van der Waals surface area contributed by atoms with Crippen molar-refractivity contribution in [2.24, 2.45) is 0 Å². The first-order valence-electron chi connectivity index (χ1n) is 7.13. The summed E-state index contributed by atoms with van der Waals surface area (Å²) in [7, 11) is 0. The number of nitrogens with one attached hydrogen (secondary N) is 1. The Bertz CT molecular complexity index is 403. The molecule has 1 aromatic rings. The Balaban J connectivity index is 1.75. The van der Waals surface area contributed by atoms with E-state index in [0.717, 1.165) is 24.9 Å². The third kappa shape index (κ3) is 2.64. The second-order valence-electron chi connectivity index (χ2n) is 5.56. The largest absolute Gasteiger partial charge is 0.354 e. The summed E-state index contributed by atoms with van der Waals surface area (Å²) in [6.45, 7) is 4.35.